The molecule has 1 heterocycles. The van der Waals surface area contributed by atoms with Crippen LogP contribution >= 0.6 is 10.7 Å². The number of aromatic nitrogens is 1. The third-order valence-corrected chi connectivity index (χ3v) is 3.07. The summed E-state index contributed by atoms with van der Waals surface area (Å²) in [5, 5.41) is 10.6. The van der Waals surface area contributed by atoms with Crippen molar-refractivity contribution in [2.24, 2.45) is 0 Å². The molecule has 1 aromatic heterocycles. The van der Waals surface area contributed by atoms with Crippen LogP contribution in [0.2, 0.25) is 0 Å². The summed E-state index contributed by atoms with van der Waals surface area (Å²) in [6, 6.07) is 0. The average Bonchev–Trinajstić information content (AvgIpc) is 2.14. The molecule has 1 aromatic rings. The lowest BCUT2D eigenvalue weighted by Gasteiger charge is -2.06. The summed E-state index contributed by atoms with van der Waals surface area (Å²) in [5.74, 6) is -0.823. The Hall–Kier alpha value is -1.55. The summed E-state index contributed by atoms with van der Waals surface area (Å²) in [6.07, 6.45) is -2.89. The standard InChI is InChI=1S/C6H4ClF2N3O4S/c7-17(15,16)2-1-11-6(10)3(5(8)9)4(2)12(13)14/h1,5H,(H2,10,11). The lowest BCUT2D eigenvalue weighted by atomic mass is 10.2. The van der Waals surface area contributed by atoms with E-state index in [0.29, 0.717) is 6.20 Å². The van der Waals surface area contributed by atoms with E-state index < -0.39 is 42.4 Å². The molecule has 0 bridgehead atoms. The van der Waals surface area contributed by atoms with Gasteiger partial charge < -0.3 is 5.73 Å². The molecule has 0 aliphatic carbocycles. The molecule has 94 valence electrons. The number of alkyl halides is 2. The Morgan fingerprint density at radius 3 is 2.41 bits per heavy atom. The second-order valence-electron chi connectivity index (χ2n) is 2.77. The molecular weight excluding hydrogens is 284 g/mol. The van der Waals surface area contributed by atoms with Crippen molar-refractivity contribution in [1.82, 2.24) is 4.98 Å². The molecular formula is C6H4ClF2N3O4S. The van der Waals surface area contributed by atoms with E-state index in [9.17, 15) is 27.3 Å². The first kappa shape index (κ1) is 13.5. The number of halogens is 3. The number of anilines is 1. The van der Waals surface area contributed by atoms with Crippen LogP contribution in [-0.4, -0.2) is 18.3 Å². The molecule has 11 heteroatoms. The van der Waals surface area contributed by atoms with Gasteiger partial charge in [0, 0.05) is 10.7 Å². The summed E-state index contributed by atoms with van der Waals surface area (Å²) in [4.78, 5) is 11.3. The number of hydrogen-bond donors (Lipinski definition) is 1. The first-order chi connectivity index (χ1) is 7.66. The van der Waals surface area contributed by atoms with E-state index in [4.69, 9.17) is 16.4 Å². The van der Waals surface area contributed by atoms with Crippen molar-refractivity contribution >= 4 is 31.2 Å². The van der Waals surface area contributed by atoms with E-state index in [1.54, 1.807) is 0 Å². The predicted molar refractivity (Wildman–Crippen MR) is 53.3 cm³/mol. The zero-order valence-electron chi connectivity index (χ0n) is 7.80. The topological polar surface area (TPSA) is 116 Å². The van der Waals surface area contributed by atoms with E-state index in [2.05, 4.69) is 4.98 Å². The van der Waals surface area contributed by atoms with Crippen LogP contribution in [0.5, 0.6) is 0 Å². The zero-order chi connectivity index (χ0) is 13.4. The van der Waals surface area contributed by atoms with Gasteiger partial charge in [-0.25, -0.2) is 22.2 Å². The highest BCUT2D eigenvalue weighted by Gasteiger charge is 2.34. The Bertz CT molecular complexity index is 577. The molecule has 17 heavy (non-hydrogen) atoms. The van der Waals surface area contributed by atoms with Crippen molar-refractivity contribution in [2.75, 3.05) is 5.73 Å². The maximum atomic E-state index is 12.6. The number of nitrogens with zero attached hydrogens (tertiary/aromatic N) is 2. The van der Waals surface area contributed by atoms with Gasteiger partial charge in [0.15, 0.2) is 4.90 Å². The largest absolute Gasteiger partial charge is 0.383 e. The van der Waals surface area contributed by atoms with Crippen molar-refractivity contribution in [1.29, 1.82) is 0 Å². The molecule has 0 spiro atoms. The van der Waals surface area contributed by atoms with E-state index in [1.807, 2.05) is 0 Å². The molecule has 1 rings (SSSR count). The van der Waals surface area contributed by atoms with Crippen molar-refractivity contribution in [3.8, 4) is 0 Å². The van der Waals surface area contributed by atoms with Gasteiger partial charge >= 0.3 is 5.69 Å². The fourth-order valence-electron chi connectivity index (χ4n) is 1.09. The minimum Gasteiger partial charge on any atom is -0.383 e. The highest BCUT2D eigenvalue weighted by molar-refractivity contribution is 8.13. The summed E-state index contributed by atoms with van der Waals surface area (Å²) in [6.45, 7) is 0. The Labute approximate surface area is 97.8 Å². The number of pyridine rings is 1. The Balaban J connectivity index is 3.78. The number of nitrogens with two attached hydrogens (primary N) is 1. The van der Waals surface area contributed by atoms with Gasteiger partial charge in [0.1, 0.15) is 11.4 Å². The van der Waals surface area contributed by atoms with Crippen molar-refractivity contribution < 1.29 is 22.1 Å². The van der Waals surface area contributed by atoms with Gasteiger partial charge in [0.25, 0.3) is 15.5 Å². The molecule has 0 radical (unpaired) electrons. The molecule has 0 aromatic carbocycles. The van der Waals surface area contributed by atoms with Crippen LogP contribution in [0.4, 0.5) is 20.3 Å². The monoisotopic (exact) mass is 287 g/mol. The van der Waals surface area contributed by atoms with Crippen LogP contribution in [0.25, 0.3) is 0 Å². The molecule has 7 nitrogen and oxygen atoms in total. The van der Waals surface area contributed by atoms with Gasteiger partial charge in [-0.15, -0.1) is 0 Å². The molecule has 0 saturated carbocycles. The minimum absolute atomic E-state index is 0.460. The molecule has 2 N–H and O–H groups in total. The van der Waals surface area contributed by atoms with Gasteiger partial charge in [-0.2, -0.15) is 0 Å². The van der Waals surface area contributed by atoms with Crippen molar-refractivity contribution in [2.45, 2.75) is 11.3 Å². The second kappa shape index (κ2) is 4.37. The van der Waals surface area contributed by atoms with Gasteiger partial charge in [-0.1, -0.05) is 0 Å². The third-order valence-electron chi connectivity index (χ3n) is 1.75. The summed E-state index contributed by atoms with van der Waals surface area (Å²) < 4.78 is 47.1. The van der Waals surface area contributed by atoms with Crippen LogP contribution in [-0.2, 0) is 9.05 Å². The van der Waals surface area contributed by atoms with Gasteiger partial charge in [0.05, 0.1) is 11.1 Å². The number of nitrogen functional groups attached to an aromatic ring is 1. The molecule has 0 aliphatic heterocycles. The van der Waals surface area contributed by atoms with E-state index >= 15 is 0 Å². The number of hydrogen-bond acceptors (Lipinski definition) is 6. The molecule has 0 aliphatic rings. The number of nitro groups is 1. The molecule has 0 fully saturated rings. The third kappa shape index (κ3) is 2.58. The summed E-state index contributed by atoms with van der Waals surface area (Å²) in [5.41, 5.74) is 2.41. The Kier molecular flexibility index (Phi) is 3.48. The van der Waals surface area contributed by atoms with E-state index in [0.717, 1.165) is 0 Å². The van der Waals surface area contributed by atoms with E-state index in [-0.39, 0.29) is 0 Å². The first-order valence-electron chi connectivity index (χ1n) is 3.81. The number of rotatable bonds is 3. The normalized spacial score (nSPS) is 11.8. The lowest BCUT2D eigenvalue weighted by molar-refractivity contribution is -0.389. The lowest BCUT2D eigenvalue weighted by Crippen LogP contribution is -2.08. The summed E-state index contributed by atoms with van der Waals surface area (Å²) in [7, 11) is 0.307. The smallest absolute Gasteiger partial charge is 0.303 e. The maximum absolute atomic E-state index is 12.6. The highest BCUT2D eigenvalue weighted by atomic mass is 35.7. The van der Waals surface area contributed by atoms with Crippen LogP contribution in [0.3, 0.4) is 0 Å². The van der Waals surface area contributed by atoms with Crippen LogP contribution in [0.15, 0.2) is 11.1 Å². The highest BCUT2D eigenvalue weighted by Crippen LogP contribution is 2.38. The minimum atomic E-state index is -4.57. The van der Waals surface area contributed by atoms with Crippen LogP contribution in [0.1, 0.15) is 12.0 Å². The van der Waals surface area contributed by atoms with Gasteiger partial charge in [-0.3, -0.25) is 10.1 Å². The Morgan fingerprint density at radius 1 is 1.53 bits per heavy atom. The molecule has 0 amide bonds. The van der Waals surface area contributed by atoms with Gasteiger partial charge in [-0.05, 0) is 0 Å². The second-order valence-corrected chi connectivity index (χ2v) is 5.30. The molecule has 0 atom stereocenters. The Morgan fingerprint density at radius 2 is 2.06 bits per heavy atom. The summed E-state index contributed by atoms with van der Waals surface area (Å²) >= 11 is 0. The zero-order valence-corrected chi connectivity index (χ0v) is 9.37. The van der Waals surface area contributed by atoms with Crippen molar-refractivity contribution in [3.05, 3.63) is 21.9 Å². The van der Waals surface area contributed by atoms with Crippen molar-refractivity contribution in [3.63, 3.8) is 0 Å². The fraction of sp³-hybridized carbons (Fsp3) is 0.167. The maximum Gasteiger partial charge on any atom is 0.303 e. The van der Waals surface area contributed by atoms with Crippen LogP contribution in [0, 0.1) is 10.1 Å². The quantitative estimate of drug-likeness (QED) is 0.511. The van der Waals surface area contributed by atoms with Crippen LogP contribution < -0.4 is 5.73 Å². The average molecular weight is 288 g/mol. The fourth-order valence-corrected chi connectivity index (χ4v) is 2.03. The predicted octanol–water partition coefficient (Wildman–Crippen LogP) is 1.44. The van der Waals surface area contributed by atoms with E-state index in [1.165, 1.54) is 0 Å². The molecule has 0 unspecified atom stereocenters. The molecule has 0 saturated heterocycles. The van der Waals surface area contributed by atoms with Gasteiger partial charge in [0.2, 0.25) is 0 Å². The SMILES string of the molecule is Nc1ncc(S(=O)(=O)Cl)c([N+](=O)[O-])c1C(F)F. The first-order valence-corrected chi connectivity index (χ1v) is 6.12.